The quantitative estimate of drug-likeness (QED) is 0.847. The van der Waals surface area contributed by atoms with Gasteiger partial charge in [-0.1, -0.05) is 29.3 Å². The largest absolute Gasteiger partial charge is 0.388 e. The summed E-state index contributed by atoms with van der Waals surface area (Å²) in [7, 11) is 1.71. The molecule has 17 heavy (non-hydrogen) atoms. The van der Waals surface area contributed by atoms with E-state index in [1.807, 2.05) is 13.8 Å². The fourth-order valence-electron chi connectivity index (χ4n) is 1.96. The molecule has 0 saturated heterocycles. The van der Waals surface area contributed by atoms with Gasteiger partial charge in [-0.3, -0.25) is 0 Å². The monoisotopic (exact) mass is 236 g/mol. The summed E-state index contributed by atoms with van der Waals surface area (Å²) >= 11 is 0. The Morgan fingerprint density at radius 3 is 2.18 bits per heavy atom. The van der Waals surface area contributed by atoms with Gasteiger partial charge in [0.15, 0.2) is 0 Å². The number of aryl methyl sites for hydroxylation is 2. The molecule has 1 N–H and O–H groups in total. The second-order valence-corrected chi connectivity index (χ2v) is 5.44. The molecule has 1 rings (SSSR count). The molecule has 0 radical (unpaired) electrons. The van der Waals surface area contributed by atoms with Crippen LogP contribution in [0.1, 0.15) is 49.5 Å². The zero-order valence-electron chi connectivity index (χ0n) is 11.6. The van der Waals surface area contributed by atoms with E-state index in [1.54, 1.807) is 7.11 Å². The molecule has 0 heterocycles. The van der Waals surface area contributed by atoms with E-state index in [4.69, 9.17) is 4.74 Å². The maximum Gasteiger partial charge on any atom is 0.0791 e. The van der Waals surface area contributed by atoms with Crippen LogP contribution in [0.3, 0.4) is 0 Å². The van der Waals surface area contributed by atoms with Crippen LogP contribution in [0.2, 0.25) is 0 Å². The highest BCUT2D eigenvalue weighted by Crippen LogP contribution is 2.25. The number of benzene rings is 1. The topological polar surface area (TPSA) is 29.5 Å². The van der Waals surface area contributed by atoms with E-state index >= 15 is 0 Å². The Bertz CT molecular complexity index is 349. The fraction of sp³-hybridized carbons (Fsp3) is 0.600. The summed E-state index contributed by atoms with van der Waals surface area (Å²) in [6.45, 7) is 8.20. The number of ether oxygens (including phenoxy) is 1. The molecular weight excluding hydrogens is 212 g/mol. The summed E-state index contributed by atoms with van der Waals surface area (Å²) in [6, 6.07) is 6.23. The Morgan fingerprint density at radius 1 is 1.18 bits per heavy atom. The average Bonchev–Trinajstić information content (AvgIpc) is 2.24. The molecule has 2 nitrogen and oxygen atoms in total. The third-order valence-electron chi connectivity index (χ3n) is 3.20. The lowest BCUT2D eigenvalue weighted by atomic mass is 9.95. The summed E-state index contributed by atoms with van der Waals surface area (Å²) in [6.07, 6.45) is 1.17. The van der Waals surface area contributed by atoms with Crippen molar-refractivity contribution in [3.63, 3.8) is 0 Å². The first-order chi connectivity index (χ1) is 7.84. The van der Waals surface area contributed by atoms with Gasteiger partial charge in [0.25, 0.3) is 0 Å². The molecular formula is C15H24O2. The lowest BCUT2D eigenvalue weighted by molar-refractivity contribution is 0.00278. The maximum absolute atomic E-state index is 10.2. The van der Waals surface area contributed by atoms with Gasteiger partial charge in [-0.05, 0) is 46.1 Å². The Morgan fingerprint density at radius 2 is 1.71 bits per heavy atom. The zero-order chi connectivity index (χ0) is 13.1. The Kier molecular flexibility index (Phi) is 4.72. The van der Waals surface area contributed by atoms with Crippen molar-refractivity contribution in [2.45, 2.75) is 52.2 Å². The van der Waals surface area contributed by atoms with Gasteiger partial charge >= 0.3 is 0 Å². The number of hydrogen-bond acceptors (Lipinski definition) is 2. The summed E-state index contributed by atoms with van der Waals surface area (Å²) in [5.74, 6) is 0. The number of hydrogen-bond donors (Lipinski definition) is 1. The minimum absolute atomic E-state index is 0.167. The van der Waals surface area contributed by atoms with E-state index < -0.39 is 6.10 Å². The second kappa shape index (κ2) is 5.65. The number of aliphatic hydroxyl groups excluding tert-OH is 1. The van der Waals surface area contributed by atoms with Crippen molar-refractivity contribution in [3.8, 4) is 0 Å². The molecule has 1 aromatic carbocycles. The highest BCUT2D eigenvalue weighted by molar-refractivity contribution is 5.29. The summed E-state index contributed by atoms with van der Waals surface area (Å²) < 4.78 is 5.36. The smallest absolute Gasteiger partial charge is 0.0791 e. The van der Waals surface area contributed by atoms with Crippen LogP contribution in [0.4, 0.5) is 0 Å². The minimum atomic E-state index is -0.400. The zero-order valence-corrected chi connectivity index (χ0v) is 11.6. The van der Waals surface area contributed by atoms with Crippen LogP contribution in [0, 0.1) is 13.8 Å². The lowest BCUT2D eigenvalue weighted by Gasteiger charge is -2.24. The average molecular weight is 236 g/mol. The molecule has 1 unspecified atom stereocenters. The lowest BCUT2D eigenvalue weighted by Crippen LogP contribution is -2.23. The molecule has 2 heteroatoms. The Balaban J connectivity index is 2.67. The SMILES string of the molecule is COC(C)(C)CCC(O)c1cc(C)cc(C)c1. The van der Waals surface area contributed by atoms with Crippen molar-refractivity contribution >= 4 is 0 Å². The van der Waals surface area contributed by atoms with Gasteiger partial charge in [-0.15, -0.1) is 0 Å². The standard InChI is InChI=1S/C15H24O2/c1-11-8-12(2)10-13(9-11)14(16)6-7-15(3,4)17-5/h8-10,14,16H,6-7H2,1-5H3. The van der Waals surface area contributed by atoms with Crippen LogP contribution in [-0.2, 0) is 4.74 Å². The Labute approximate surface area is 105 Å². The van der Waals surface area contributed by atoms with Crippen LogP contribution < -0.4 is 0 Å². The molecule has 0 aliphatic rings. The van der Waals surface area contributed by atoms with Gasteiger partial charge < -0.3 is 9.84 Å². The highest BCUT2D eigenvalue weighted by Gasteiger charge is 2.19. The van der Waals surface area contributed by atoms with E-state index in [0.717, 1.165) is 18.4 Å². The summed E-state index contributed by atoms with van der Waals surface area (Å²) in [4.78, 5) is 0. The van der Waals surface area contributed by atoms with Gasteiger partial charge in [0.1, 0.15) is 0 Å². The fourth-order valence-corrected chi connectivity index (χ4v) is 1.96. The number of rotatable bonds is 5. The van der Waals surface area contributed by atoms with Crippen molar-refractivity contribution in [2.75, 3.05) is 7.11 Å². The van der Waals surface area contributed by atoms with E-state index in [0.29, 0.717) is 0 Å². The van der Waals surface area contributed by atoms with E-state index in [1.165, 1.54) is 11.1 Å². The van der Waals surface area contributed by atoms with Crippen LogP contribution in [0.5, 0.6) is 0 Å². The minimum Gasteiger partial charge on any atom is -0.388 e. The third-order valence-corrected chi connectivity index (χ3v) is 3.20. The predicted molar refractivity (Wildman–Crippen MR) is 71.2 cm³/mol. The molecule has 0 spiro atoms. The predicted octanol–water partition coefficient (Wildman–Crippen LogP) is 3.54. The molecule has 0 fully saturated rings. The molecule has 0 saturated carbocycles. The first-order valence-electron chi connectivity index (χ1n) is 6.15. The molecule has 0 aliphatic heterocycles. The van der Waals surface area contributed by atoms with Gasteiger partial charge in [-0.25, -0.2) is 0 Å². The van der Waals surface area contributed by atoms with E-state index in [2.05, 4.69) is 32.0 Å². The van der Waals surface area contributed by atoms with Gasteiger partial charge in [0.05, 0.1) is 11.7 Å². The molecule has 1 aromatic rings. The molecule has 0 aromatic heterocycles. The van der Waals surface area contributed by atoms with Crippen molar-refractivity contribution in [1.82, 2.24) is 0 Å². The van der Waals surface area contributed by atoms with Gasteiger partial charge in [0, 0.05) is 7.11 Å². The summed E-state index contributed by atoms with van der Waals surface area (Å²) in [5, 5.41) is 10.2. The Hall–Kier alpha value is -0.860. The third kappa shape index (κ3) is 4.49. The normalized spacial score (nSPS) is 13.8. The number of methoxy groups -OCH3 is 1. The molecule has 96 valence electrons. The molecule has 0 bridgehead atoms. The van der Waals surface area contributed by atoms with Crippen LogP contribution >= 0.6 is 0 Å². The second-order valence-electron chi connectivity index (χ2n) is 5.44. The van der Waals surface area contributed by atoms with Gasteiger partial charge in [-0.2, -0.15) is 0 Å². The van der Waals surface area contributed by atoms with Crippen LogP contribution in [-0.4, -0.2) is 17.8 Å². The van der Waals surface area contributed by atoms with Crippen LogP contribution in [0.15, 0.2) is 18.2 Å². The molecule has 1 atom stereocenters. The first kappa shape index (κ1) is 14.2. The maximum atomic E-state index is 10.2. The van der Waals surface area contributed by atoms with Crippen molar-refractivity contribution < 1.29 is 9.84 Å². The molecule has 0 aliphatic carbocycles. The summed E-state index contributed by atoms with van der Waals surface area (Å²) in [5.41, 5.74) is 3.24. The first-order valence-corrected chi connectivity index (χ1v) is 6.15. The molecule has 0 amide bonds. The van der Waals surface area contributed by atoms with Crippen molar-refractivity contribution in [1.29, 1.82) is 0 Å². The van der Waals surface area contributed by atoms with E-state index in [-0.39, 0.29) is 5.60 Å². The van der Waals surface area contributed by atoms with Crippen molar-refractivity contribution in [3.05, 3.63) is 34.9 Å². The number of aliphatic hydroxyl groups is 1. The van der Waals surface area contributed by atoms with Crippen molar-refractivity contribution in [2.24, 2.45) is 0 Å². The highest BCUT2D eigenvalue weighted by atomic mass is 16.5. The van der Waals surface area contributed by atoms with Gasteiger partial charge in [0.2, 0.25) is 0 Å². The van der Waals surface area contributed by atoms with Crippen LogP contribution in [0.25, 0.3) is 0 Å². The van der Waals surface area contributed by atoms with E-state index in [9.17, 15) is 5.11 Å².